The van der Waals surface area contributed by atoms with E-state index >= 15 is 0 Å². The van der Waals surface area contributed by atoms with Gasteiger partial charge in [-0.3, -0.25) is 4.90 Å². The maximum atomic E-state index is 4.02. The number of hydrogen-bond donors (Lipinski definition) is 0. The van der Waals surface area contributed by atoms with Gasteiger partial charge >= 0.3 is 0 Å². The highest BCUT2D eigenvalue weighted by molar-refractivity contribution is 5.20. The number of rotatable bonds is 0. The predicted molar refractivity (Wildman–Crippen MR) is 37.2 cm³/mol. The third-order valence-electron chi connectivity index (χ3n) is 1.75. The summed E-state index contributed by atoms with van der Waals surface area (Å²) in [5.41, 5.74) is 2.45. The summed E-state index contributed by atoms with van der Waals surface area (Å²) in [5, 5.41) is 7.83. The molecule has 0 saturated carbocycles. The van der Waals surface area contributed by atoms with Gasteiger partial charge in [-0.05, 0) is 18.7 Å². The molecule has 0 aromatic carbocycles. The highest BCUT2D eigenvalue weighted by atomic mass is 15.2. The molecule has 1 aliphatic rings. The fourth-order valence-corrected chi connectivity index (χ4v) is 1.27. The Hall–Kier alpha value is -0.960. The van der Waals surface area contributed by atoms with Crippen molar-refractivity contribution < 1.29 is 0 Å². The molecule has 0 atom stereocenters. The minimum atomic E-state index is 0.948. The standard InChI is InChI=1S/C7H9N3/c1-10-4-6-2-3-8-9-7(6)5-10/h2-3H,4-5H2,1H3. The molecule has 1 aliphatic heterocycles. The Balaban J connectivity index is 2.42. The molecule has 1 aromatic rings. The van der Waals surface area contributed by atoms with Gasteiger partial charge in [0, 0.05) is 19.3 Å². The molecule has 0 amide bonds. The lowest BCUT2D eigenvalue weighted by molar-refractivity contribution is 0.350. The van der Waals surface area contributed by atoms with Crippen molar-refractivity contribution in [3.05, 3.63) is 23.5 Å². The van der Waals surface area contributed by atoms with E-state index in [-0.39, 0.29) is 0 Å². The summed E-state index contributed by atoms with van der Waals surface area (Å²) in [6.45, 7) is 1.97. The monoisotopic (exact) mass is 135 g/mol. The van der Waals surface area contributed by atoms with Gasteiger partial charge in [-0.1, -0.05) is 0 Å². The molecular weight excluding hydrogens is 126 g/mol. The smallest absolute Gasteiger partial charge is 0.0816 e. The molecule has 0 spiro atoms. The van der Waals surface area contributed by atoms with Crippen molar-refractivity contribution in [3.8, 4) is 0 Å². The van der Waals surface area contributed by atoms with Crippen molar-refractivity contribution in [2.24, 2.45) is 0 Å². The molecule has 0 N–H and O–H groups in total. The number of hydrogen-bond acceptors (Lipinski definition) is 3. The van der Waals surface area contributed by atoms with E-state index in [9.17, 15) is 0 Å². The van der Waals surface area contributed by atoms with Gasteiger partial charge in [-0.25, -0.2) is 0 Å². The van der Waals surface area contributed by atoms with Gasteiger partial charge < -0.3 is 0 Å². The molecule has 0 radical (unpaired) electrons. The molecule has 2 heterocycles. The van der Waals surface area contributed by atoms with Crippen molar-refractivity contribution in [1.29, 1.82) is 0 Å². The third-order valence-corrected chi connectivity index (χ3v) is 1.75. The lowest BCUT2D eigenvalue weighted by Crippen LogP contribution is -2.07. The minimum Gasteiger partial charge on any atom is -0.296 e. The summed E-state index contributed by atoms with van der Waals surface area (Å²) in [5.74, 6) is 0. The maximum Gasteiger partial charge on any atom is 0.0816 e. The molecule has 2 rings (SSSR count). The molecule has 0 saturated heterocycles. The lowest BCUT2D eigenvalue weighted by atomic mass is 10.3. The molecule has 0 fully saturated rings. The van der Waals surface area contributed by atoms with Crippen LogP contribution in [0, 0.1) is 0 Å². The van der Waals surface area contributed by atoms with E-state index in [0.717, 1.165) is 18.8 Å². The van der Waals surface area contributed by atoms with Crippen LogP contribution in [0.15, 0.2) is 12.3 Å². The van der Waals surface area contributed by atoms with Gasteiger partial charge in [0.05, 0.1) is 5.69 Å². The van der Waals surface area contributed by atoms with E-state index in [4.69, 9.17) is 0 Å². The second kappa shape index (κ2) is 2.02. The van der Waals surface area contributed by atoms with Crippen LogP contribution in [0.2, 0.25) is 0 Å². The van der Waals surface area contributed by atoms with Gasteiger partial charge in [0.25, 0.3) is 0 Å². The quantitative estimate of drug-likeness (QED) is 0.516. The van der Waals surface area contributed by atoms with Gasteiger partial charge in [0.15, 0.2) is 0 Å². The summed E-state index contributed by atoms with van der Waals surface area (Å²) in [6.07, 6.45) is 1.75. The van der Waals surface area contributed by atoms with Gasteiger partial charge in [-0.2, -0.15) is 10.2 Å². The van der Waals surface area contributed by atoms with Crippen molar-refractivity contribution in [1.82, 2.24) is 15.1 Å². The van der Waals surface area contributed by atoms with Crippen LogP contribution in [-0.4, -0.2) is 22.1 Å². The number of aromatic nitrogens is 2. The maximum absolute atomic E-state index is 4.02. The molecule has 0 aliphatic carbocycles. The Morgan fingerprint density at radius 1 is 1.50 bits per heavy atom. The Morgan fingerprint density at radius 3 is 3.20 bits per heavy atom. The van der Waals surface area contributed by atoms with Crippen molar-refractivity contribution >= 4 is 0 Å². The van der Waals surface area contributed by atoms with Crippen LogP contribution in [0.1, 0.15) is 11.3 Å². The van der Waals surface area contributed by atoms with Crippen molar-refractivity contribution in [3.63, 3.8) is 0 Å². The largest absolute Gasteiger partial charge is 0.296 e. The SMILES string of the molecule is CN1Cc2ccnnc2C1. The second-order valence-corrected chi connectivity index (χ2v) is 2.68. The fraction of sp³-hybridized carbons (Fsp3) is 0.429. The number of nitrogens with zero attached hydrogens (tertiary/aromatic N) is 3. The van der Waals surface area contributed by atoms with Crippen LogP contribution in [0.3, 0.4) is 0 Å². The van der Waals surface area contributed by atoms with Crippen molar-refractivity contribution in [2.75, 3.05) is 7.05 Å². The van der Waals surface area contributed by atoms with Crippen molar-refractivity contribution in [2.45, 2.75) is 13.1 Å². The van der Waals surface area contributed by atoms with Gasteiger partial charge in [-0.15, -0.1) is 0 Å². The van der Waals surface area contributed by atoms with Gasteiger partial charge in [0.2, 0.25) is 0 Å². The Morgan fingerprint density at radius 2 is 2.40 bits per heavy atom. The topological polar surface area (TPSA) is 29.0 Å². The highest BCUT2D eigenvalue weighted by Crippen LogP contribution is 2.16. The van der Waals surface area contributed by atoms with Crippen LogP contribution >= 0.6 is 0 Å². The van der Waals surface area contributed by atoms with Crippen LogP contribution < -0.4 is 0 Å². The first kappa shape index (κ1) is 5.80. The van der Waals surface area contributed by atoms with Crippen LogP contribution in [0.5, 0.6) is 0 Å². The summed E-state index contributed by atoms with van der Waals surface area (Å²) in [6, 6.07) is 2.03. The Bertz CT molecular complexity index is 221. The van der Waals surface area contributed by atoms with Crippen LogP contribution in [0.4, 0.5) is 0 Å². The summed E-state index contributed by atoms with van der Waals surface area (Å²) in [4.78, 5) is 2.22. The zero-order chi connectivity index (χ0) is 6.97. The molecular formula is C7H9N3. The molecule has 10 heavy (non-hydrogen) atoms. The lowest BCUT2D eigenvalue weighted by Gasteiger charge is -2.01. The molecule has 3 heteroatoms. The average Bonchev–Trinajstić information content (AvgIpc) is 2.27. The summed E-state index contributed by atoms with van der Waals surface area (Å²) < 4.78 is 0. The van der Waals surface area contributed by atoms with E-state index < -0.39 is 0 Å². The molecule has 0 unspecified atom stereocenters. The van der Waals surface area contributed by atoms with Crippen LogP contribution in [-0.2, 0) is 13.1 Å². The zero-order valence-corrected chi connectivity index (χ0v) is 5.91. The summed E-state index contributed by atoms with van der Waals surface area (Å²) >= 11 is 0. The molecule has 52 valence electrons. The first-order valence-electron chi connectivity index (χ1n) is 3.34. The predicted octanol–water partition coefficient (Wildman–Crippen LogP) is 0.422. The molecule has 3 nitrogen and oxygen atoms in total. The normalized spacial score (nSPS) is 17.3. The highest BCUT2D eigenvalue weighted by Gasteiger charge is 2.15. The van der Waals surface area contributed by atoms with Gasteiger partial charge in [0.1, 0.15) is 0 Å². The zero-order valence-electron chi connectivity index (χ0n) is 5.91. The Kier molecular flexibility index (Phi) is 1.17. The van der Waals surface area contributed by atoms with E-state index in [1.165, 1.54) is 5.56 Å². The number of fused-ring (bicyclic) bond motifs is 1. The minimum absolute atomic E-state index is 0.948. The van der Waals surface area contributed by atoms with Crippen LogP contribution in [0.25, 0.3) is 0 Å². The first-order valence-corrected chi connectivity index (χ1v) is 3.34. The molecule has 0 bridgehead atoms. The summed E-state index contributed by atoms with van der Waals surface area (Å²) in [7, 11) is 2.08. The average molecular weight is 135 g/mol. The Labute approximate surface area is 59.7 Å². The van der Waals surface area contributed by atoms with E-state index in [2.05, 4.69) is 22.1 Å². The van der Waals surface area contributed by atoms with E-state index in [1.807, 2.05) is 6.07 Å². The molecule has 1 aromatic heterocycles. The third kappa shape index (κ3) is 0.789. The van der Waals surface area contributed by atoms with E-state index in [1.54, 1.807) is 6.20 Å². The van der Waals surface area contributed by atoms with E-state index in [0.29, 0.717) is 0 Å². The fourth-order valence-electron chi connectivity index (χ4n) is 1.27. The first-order chi connectivity index (χ1) is 4.86. The second-order valence-electron chi connectivity index (χ2n) is 2.68.